The molecule has 0 fully saturated rings. The van der Waals surface area contributed by atoms with Crippen molar-refractivity contribution in [3.8, 4) is 11.1 Å². The topological polar surface area (TPSA) is 81.0 Å². The Kier molecular flexibility index (Phi) is 4.59. The molecule has 0 radical (unpaired) electrons. The molecular formula is C19H13BrN4O2S. The molecule has 0 bridgehead atoms. The third-order valence-electron chi connectivity index (χ3n) is 4.21. The normalized spacial score (nSPS) is 10.9. The molecule has 0 unspecified atom stereocenters. The summed E-state index contributed by atoms with van der Waals surface area (Å²) in [6.07, 6.45) is 1.50. The van der Waals surface area contributed by atoms with Gasteiger partial charge in [-0.25, -0.2) is 9.97 Å². The summed E-state index contributed by atoms with van der Waals surface area (Å²) in [5.74, 6) is 0.628. The van der Waals surface area contributed by atoms with Gasteiger partial charge >= 0.3 is 0 Å². The van der Waals surface area contributed by atoms with Crippen LogP contribution in [0.3, 0.4) is 0 Å². The van der Waals surface area contributed by atoms with Gasteiger partial charge in [-0.05, 0) is 30.2 Å². The van der Waals surface area contributed by atoms with Crippen molar-refractivity contribution in [1.29, 1.82) is 0 Å². The molecule has 2 aromatic carbocycles. The average Bonchev–Trinajstić information content (AvgIpc) is 3.09. The van der Waals surface area contributed by atoms with Crippen molar-refractivity contribution < 1.29 is 4.92 Å². The van der Waals surface area contributed by atoms with Crippen LogP contribution in [0.25, 0.3) is 21.3 Å². The summed E-state index contributed by atoms with van der Waals surface area (Å²) in [7, 11) is 0. The van der Waals surface area contributed by atoms with Gasteiger partial charge in [-0.2, -0.15) is 0 Å². The molecule has 27 heavy (non-hydrogen) atoms. The quantitative estimate of drug-likeness (QED) is 0.307. The van der Waals surface area contributed by atoms with Crippen LogP contribution in [0.1, 0.15) is 5.56 Å². The molecule has 0 aliphatic carbocycles. The van der Waals surface area contributed by atoms with Crippen LogP contribution in [0, 0.1) is 17.0 Å². The largest absolute Gasteiger partial charge is 0.339 e. The molecule has 0 atom stereocenters. The number of aryl methyl sites for hydroxylation is 1. The number of aromatic nitrogens is 2. The lowest BCUT2D eigenvalue weighted by Gasteiger charge is -2.11. The molecule has 1 N–H and O–H groups in total. The summed E-state index contributed by atoms with van der Waals surface area (Å²) < 4.78 is 1.01. The van der Waals surface area contributed by atoms with Gasteiger partial charge in [0.1, 0.15) is 17.0 Å². The zero-order chi connectivity index (χ0) is 19.0. The van der Waals surface area contributed by atoms with E-state index in [2.05, 4.69) is 31.2 Å². The van der Waals surface area contributed by atoms with E-state index in [-0.39, 0.29) is 5.69 Å². The molecule has 2 heterocycles. The number of nitrogens with one attached hydrogen (secondary N) is 1. The van der Waals surface area contributed by atoms with Gasteiger partial charge in [0.05, 0.1) is 10.3 Å². The number of nitro benzene ring substituents is 1. The Bertz CT molecular complexity index is 1160. The van der Waals surface area contributed by atoms with Gasteiger partial charge in [0, 0.05) is 33.2 Å². The lowest BCUT2D eigenvalue weighted by molar-refractivity contribution is -0.384. The molecular weight excluding hydrogens is 428 g/mol. The highest BCUT2D eigenvalue weighted by atomic mass is 79.9. The average molecular weight is 441 g/mol. The number of rotatable bonds is 4. The van der Waals surface area contributed by atoms with E-state index in [9.17, 15) is 10.1 Å². The number of hydrogen-bond donors (Lipinski definition) is 1. The summed E-state index contributed by atoms with van der Waals surface area (Å²) in [5, 5.41) is 17.3. The number of thiophene rings is 1. The number of fused-ring (bicyclic) bond motifs is 1. The molecule has 4 rings (SSSR count). The highest BCUT2D eigenvalue weighted by molar-refractivity contribution is 9.10. The maximum absolute atomic E-state index is 11.1. The fourth-order valence-electron chi connectivity index (χ4n) is 2.80. The molecule has 4 aromatic rings. The molecule has 6 nitrogen and oxygen atoms in total. The van der Waals surface area contributed by atoms with Crippen LogP contribution in [0.2, 0.25) is 0 Å². The van der Waals surface area contributed by atoms with Crippen LogP contribution in [-0.2, 0) is 0 Å². The van der Waals surface area contributed by atoms with Gasteiger partial charge < -0.3 is 5.32 Å². The summed E-state index contributed by atoms with van der Waals surface area (Å²) in [5.41, 5.74) is 3.66. The molecule has 0 aliphatic rings. The van der Waals surface area contributed by atoms with Crippen molar-refractivity contribution in [3.05, 3.63) is 74.3 Å². The number of non-ortho nitro benzene ring substituents is 1. The Morgan fingerprint density at radius 1 is 1.15 bits per heavy atom. The second-order valence-corrected chi connectivity index (χ2v) is 7.71. The molecule has 0 amide bonds. The van der Waals surface area contributed by atoms with E-state index >= 15 is 0 Å². The van der Waals surface area contributed by atoms with Gasteiger partial charge in [-0.3, -0.25) is 10.1 Å². The smallest absolute Gasteiger partial charge is 0.271 e. The fraction of sp³-hybridized carbons (Fsp3) is 0.0526. The van der Waals surface area contributed by atoms with Crippen LogP contribution in [0.4, 0.5) is 17.2 Å². The van der Waals surface area contributed by atoms with E-state index in [4.69, 9.17) is 0 Å². The number of hydrogen-bond acceptors (Lipinski definition) is 6. The summed E-state index contributed by atoms with van der Waals surface area (Å²) in [6, 6.07) is 12.8. The first-order valence-electron chi connectivity index (χ1n) is 8.03. The molecule has 2 aromatic heterocycles. The van der Waals surface area contributed by atoms with Crippen LogP contribution in [0.5, 0.6) is 0 Å². The van der Waals surface area contributed by atoms with Crippen LogP contribution >= 0.6 is 27.3 Å². The van der Waals surface area contributed by atoms with E-state index in [0.717, 1.165) is 31.4 Å². The number of nitro groups is 1. The van der Waals surface area contributed by atoms with Gasteiger partial charge in [0.15, 0.2) is 0 Å². The molecule has 0 saturated heterocycles. The minimum Gasteiger partial charge on any atom is -0.339 e. The lowest BCUT2D eigenvalue weighted by atomic mass is 10.1. The molecule has 8 heteroatoms. The Morgan fingerprint density at radius 3 is 2.67 bits per heavy atom. The summed E-state index contributed by atoms with van der Waals surface area (Å²) in [6.45, 7) is 1.90. The SMILES string of the molecule is Cc1ccc([N+](=O)[O-])cc1Nc1ncnc2scc(-c3ccc(Br)cc3)c12. The molecule has 134 valence electrons. The van der Waals surface area contributed by atoms with Crippen molar-refractivity contribution in [3.63, 3.8) is 0 Å². The van der Waals surface area contributed by atoms with E-state index in [1.807, 2.05) is 36.6 Å². The third kappa shape index (κ3) is 3.41. The second-order valence-electron chi connectivity index (χ2n) is 5.94. The van der Waals surface area contributed by atoms with E-state index < -0.39 is 4.92 Å². The first-order valence-corrected chi connectivity index (χ1v) is 9.70. The minimum absolute atomic E-state index is 0.0341. The number of halogens is 1. The zero-order valence-corrected chi connectivity index (χ0v) is 16.5. The van der Waals surface area contributed by atoms with Crippen LogP contribution in [0.15, 0.2) is 58.6 Å². The van der Waals surface area contributed by atoms with E-state index in [0.29, 0.717) is 11.5 Å². The van der Waals surface area contributed by atoms with Crippen molar-refractivity contribution in [2.75, 3.05) is 5.32 Å². The van der Waals surface area contributed by atoms with Crippen molar-refractivity contribution in [1.82, 2.24) is 9.97 Å². The lowest BCUT2D eigenvalue weighted by Crippen LogP contribution is -1.99. The highest BCUT2D eigenvalue weighted by Gasteiger charge is 2.15. The van der Waals surface area contributed by atoms with E-state index in [1.165, 1.54) is 29.8 Å². The van der Waals surface area contributed by atoms with E-state index in [1.54, 1.807) is 6.07 Å². The fourth-order valence-corrected chi connectivity index (χ4v) is 3.98. The number of anilines is 2. The third-order valence-corrected chi connectivity index (χ3v) is 5.63. The number of benzene rings is 2. The summed E-state index contributed by atoms with van der Waals surface area (Å²) in [4.78, 5) is 20.3. The Morgan fingerprint density at radius 2 is 1.93 bits per heavy atom. The molecule has 0 aliphatic heterocycles. The standard InChI is InChI=1S/C19H13BrN4O2S/c1-11-2-7-14(24(25)26)8-16(11)23-18-17-15(9-27-19(17)22-10-21-18)12-3-5-13(20)6-4-12/h2-10H,1H3,(H,21,22,23). The van der Waals surface area contributed by atoms with Crippen molar-refractivity contribution >= 4 is 54.7 Å². The van der Waals surface area contributed by atoms with Crippen LogP contribution < -0.4 is 5.32 Å². The second kappa shape index (κ2) is 7.05. The first kappa shape index (κ1) is 17.6. The van der Waals surface area contributed by atoms with Gasteiger partial charge in [-0.15, -0.1) is 11.3 Å². The van der Waals surface area contributed by atoms with Crippen LogP contribution in [-0.4, -0.2) is 14.9 Å². The monoisotopic (exact) mass is 440 g/mol. The Balaban J connectivity index is 1.83. The van der Waals surface area contributed by atoms with Gasteiger partial charge in [0.2, 0.25) is 0 Å². The highest BCUT2D eigenvalue weighted by Crippen LogP contribution is 2.38. The predicted molar refractivity (Wildman–Crippen MR) is 112 cm³/mol. The Hall–Kier alpha value is -2.84. The van der Waals surface area contributed by atoms with Gasteiger partial charge in [0.25, 0.3) is 5.69 Å². The maximum Gasteiger partial charge on any atom is 0.271 e. The van der Waals surface area contributed by atoms with Crippen molar-refractivity contribution in [2.24, 2.45) is 0 Å². The zero-order valence-electron chi connectivity index (χ0n) is 14.1. The van der Waals surface area contributed by atoms with Crippen molar-refractivity contribution in [2.45, 2.75) is 6.92 Å². The molecule has 0 spiro atoms. The minimum atomic E-state index is -0.405. The Labute approximate surface area is 167 Å². The van der Waals surface area contributed by atoms with Gasteiger partial charge in [-0.1, -0.05) is 34.1 Å². The summed E-state index contributed by atoms with van der Waals surface area (Å²) >= 11 is 4.99. The number of nitrogens with zero attached hydrogens (tertiary/aromatic N) is 3. The maximum atomic E-state index is 11.1. The first-order chi connectivity index (χ1) is 13.0. The molecule has 0 saturated carbocycles. The predicted octanol–water partition coefficient (Wildman–Crippen LogP) is 6.08.